The molecular formula is C29H18N4O. The van der Waals surface area contributed by atoms with Crippen LogP contribution in [0, 0.1) is 12.3 Å². The van der Waals surface area contributed by atoms with Crippen LogP contribution in [0.25, 0.3) is 5.57 Å². The van der Waals surface area contributed by atoms with Crippen LogP contribution in [0.3, 0.4) is 0 Å². The van der Waals surface area contributed by atoms with Gasteiger partial charge in [0, 0.05) is 0 Å². The lowest BCUT2D eigenvalue weighted by molar-refractivity contribution is 0.266. The van der Waals surface area contributed by atoms with Gasteiger partial charge in [-0.05, 0) is 66.3 Å². The van der Waals surface area contributed by atoms with Crippen molar-refractivity contribution >= 4 is 28.4 Å². The number of fused-ring (bicyclic) bond motifs is 4. The van der Waals surface area contributed by atoms with Gasteiger partial charge >= 0.3 is 0 Å². The Bertz CT molecular complexity index is 1520. The Morgan fingerprint density at radius 3 is 1.88 bits per heavy atom. The predicted molar refractivity (Wildman–Crippen MR) is 138 cm³/mol. The molecule has 1 aromatic rings. The summed E-state index contributed by atoms with van der Waals surface area (Å²) in [5.41, 5.74) is 8.23. The minimum absolute atomic E-state index is 0.137. The van der Waals surface area contributed by atoms with Crippen molar-refractivity contribution in [2.24, 2.45) is 20.0 Å². The third-order valence-corrected chi connectivity index (χ3v) is 5.53. The molecule has 5 heteroatoms. The first-order valence-electron chi connectivity index (χ1n) is 10.9. The van der Waals surface area contributed by atoms with Gasteiger partial charge in [0.2, 0.25) is 0 Å². The summed E-state index contributed by atoms with van der Waals surface area (Å²) < 4.78 is 6.05. The minimum atomic E-state index is 0.137. The summed E-state index contributed by atoms with van der Waals surface area (Å²) in [6, 6.07) is 10.0. The summed E-state index contributed by atoms with van der Waals surface area (Å²) >= 11 is 0. The van der Waals surface area contributed by atoms with Gasteiger partial charge in [-0.25, -0.2) is 20.0 Å². The van der Waals surface area contributed by atoms with Crippen LogP contribution in [-0.4, -0.2) is 29.5 Å². The molecule has 160 valence electrons. The number of nitrogens with zero attached hydrogens (tertiary/aromatic N) is 4. The predicted octanol–water partition coefficient (Wildman–Crippen LogP) is 5.08. The Balaban J connectivity index is 1.56. The van der Waals surface area contributed by atoms with E-state index in [2.05, 4.69) is 10.9 Å². The van der Waals surface area contributed by atoms with Gasteiger partial charge < -0.3 is 4.74 Å². The first kappa shape index (κ1) is 19.8. The zero-order chi connectivity index (χ0) is 22.9. The molecule has 0 N–H and O–H groups in total. The van der Waals surface area contributed by atoms with Crippen LogP contribution in [0.15, 0.2) is 140 Å². The van der Waals surface area contributed by atoms with Crippen LogP contribution in [0.2, 0.25) is 0 Å². The molecule has 5 heterocycles. The average Bonchev–Trinajstić information content (AvgIpc) is 3.63. The average molecular weight is 438 g/mol. The largest absolute Gasteiger partial charge is 0.478 e. The van der Waals surface area contributed by atoms with E-state index in [0.717, 1.165) is 51.1 Å². The molecule has 5 aliphatic rings. The first-order chi connectivity index (χ1) is 16.7. The van der Waals surface area contributed by atoms with E-state index >= 15 is 0 Å². The lowest BCUT2D eigenvalue weighted by Gasteiger charge is -2.10. The van der Waals surface area contributed by atoms with E-state index in [1.165, 1.54) is 0 Å². The smallest absolute Gasteiger partial charge is 0.156 e. The minimum Gasteiger partial charge on any atom is -0.478 e. The number of benzene rings is 1. The summed E-state index contributed by atoms with van der Waals surface area (Å²) in [7, 11) is 0. The van der Waals surface area contributed by atoms with Crippen LogP contribution in [-0.2, 0) is 4.74 Å². The molecule has 0 saturated carbocycles. The van der Waals surface area contributed by atoms with Gasteiger partial charge in [0.25, 0.3) is 0 Å². The Labute approximate surface area is 197 Å². The molecule has 5 aliphatic heterocycles. The lowest BCUT2D eigenvalue weighted by Crippen LogP contribution is -2.01. The fourth-order valence-corrected chi connectivity index (χ4v) is 4.08. The first-order valence-corrected chi connectivity index (χ1v) is 10.9. The third-order valence-electron chi connectivity index (χ3n) is 5.53. The molecule has 0 unspecified atom stereocenters. The molecule has 1 aromatic carbocycles. The number of aliphatic imine (C=N–C) groups is 4. The molecule has 0 amide bonds. The zero-order valence-corrected chi connectivity index (χ0v) is 18.1. The summed E-state index contributed by atoms with van der Waals surface area (Å²) in [5, 5.41) is 0. The fraction of sp³-hybridized carbons (Fsp3) is 0.0345. The number of hydrogen-bond donors (Lipinski definition) is 0. The molecule has 34 heavy (non-hydrogen) atoms. The van der Waals surface area contributed by atoms with Gasteiger partial charge in [0.15, 0.2) is 5.76 Å². The second kappa shape index (κ2) is 8.27. The Kier molecular flexibility index (Phi) is 4.82. The molecule has 0 aromatic heterocycles. The number of rotatable bonds is 3. The highest BCUT2D eigenvalue weighted by molar-refractivity contribution is 6.33. The summed E-state index contributed by atoms with van der Waals surface area (Å²) in [6.45, 7) is 0.137. The monoisotopic (exact) mass is 438 g/mol. The van der Waals surface area contributed by atoms with Crippen molar-refractivity contribution in [3.05, 3.63) is 125 Å². The molecular weight excluding hydrogens is 420 g/mol. The van der Waals surface area contributed by atoms with Crippen molar-refractivity contribution in [1.29, 1.82) is 0 Å². The maximum absolute atomic E-state index is 6.05. The van der Waals surface area contributed by atoms with E-state index in [9.17, 15) is 0 Å². The molecule has 0 radical (unpaired) electrons. The van der Waals surface area contributed by atoms with Crippen molar-refractivity contribution in [2.75, 3.05) is 6.61 Å². The molecule has 0 saturated heterocycles. The number of hydrogen-bond acceptors (Lipinski definition) is 5. The highest BCUT2D eigenvalue weighted by atomic mass is 16.5. The normalized spacial score (nSPS) is 19.6. The lowest BCUT2D eigenvalue weighted by atomic mass is 10.00. The maximum atomic E-state index is 6.05. The molecule has 0 spiro atoms. The van der Waals surface area contributed by atoms with Gasteiger partial charge in [-0.15, -0.1) is 6.42 Å². The molecule has 0 fully saturated rings. The Morgan fingerprint density at radius 1 is 0.676 bits per heavy atom. The van der Waals surface area contributed by atoms with E-state index in [4.69, 9.17) is 26.1 Å². The molecule has 0 atom stereocenters. The quantitative estimate of drug-likeness (QED) is 0.607. The van der Waals surface area contributed by atoms with Crippen LogP contribution in [0.1, 0.15) is 5.56 Å². The van der Waals surface area contributed by atoms with Crippen molar-refractivity contribution < 1.29 is 4.74 Å². The van der Waals surface area contributed by atoms with Crippen LogP contribution in [0.5, 0.6) is 0 Å². The molecule has 8 bridgehead atoms. The molecule has 6 rings (SSSR count). The highest BCUT2D eigenvalue weighted by Crippen LogP contribution is 2.35. The Hall–Kier alpha value is -4.82. The van der Waals surface area contributed by atoms with Crippen molar-refractivity contribution in [1.82, 2.24) is 0 Å². The topological polar surface area (TPSA) is 58.7 Å². The summed E-state index contributed by atoms with van der Waals surface area (Å²) in [4.78, 5) is 19.1. The van der Waals surface area contributed by atoms with Gasteiger partial charge in [-0.3, -0.25) is 0 Å². The third kappa shape index (κ3) is 3.78. The molecule has 5 nitrogen and oxygen atoms in total. The van der Waals surface area contributed by atoms with Crippen LogP contribution >= 0.6 is 0 Å². The highest BCUT2D eigenvalue weighted by Gasteiger charge is 2.27. The van der Waals surface area contributed by atoms with Crippen molar-refractivity contribution in [3.8, 4) is 12.3 Å². The van der Waals surface area contributed by atoms with Gasteiger partial charge in [0.05, 0.1) is 45.5 Å². The fourth-order valence-electron chi connectivity index (χ4n) is 4.08. The van der Waals surface area contributed by atoms with E-state index < -0.39 is 0 Å². The van der Waals surface area contributed by atoms with Crippen molar-refractivity contribution in [2.45, 2.75) is 0 Å². The molecule has 0 aliphatic carbocycles. The number of allylic oxidation sites excluding steroid dienone is 11. The van der Waals surface area contributed by atoms with E-state index in [1.807, 2.05) is 91.1 Å². The second-order valence-corrected chi connectivity index (χ2v) is 7.91. The van der Waals surface area contributed by atoms with E-state index in [1.54, 1.807) is 0 Å². The second-order valence-electron chi connectivity index (χ2n) is 7.91. The SMILES string of the molecule is C#CCOC1=C(c2ccccc2)C2=NC1=CC1=NC(=CC3=NC(=CC4=NC(=C2)C=C4)C=C3)C=C1. The zero-order valence-electron chi connectivity index (χ0n) is 18.1. The van der Waals surface area contributed by atoms with Crippen molar-refractivity contribution in [3.63, 3.8) is 0 Å². The standard InChI is InChI=1S/C29H18N4O/c1-2-14-34-29-27-18-25-13-11-23(32-25)16-21-9-8-20(30-21)15-22-10-12-24(31-22)17-26(33-27)28(29)19-6-4-3-5-7-19/h1,3-13,15-18H,14H2. The number of terminal acetylenes is 1. The van der Waals surface area contributed by atoms with Gasteiger partial charge in [-0.1, -0.05) is 36.3 Å². The van der Waals surface area contributed by atoms with Gasteiger partial charge in [-0.2, -0.15) is 0 Å². The Morgan fingerprint density at radius 2 is 1.26 bits per heavy atom. The summed E-state index contributed by atoms with van der Waals surface area (Å²) in [6.07, 6.45) is 25.1. The van der Waals surface area contributed by atoms with E-state index in [-0.39, 0.29) is 6.61 Å². The summed E-state index contributed by atoms with van der Waals surface area (Å²) in [5.74, 6) is 3.20. The van der Waals surface area contributed by atoms with Crippen LogP contribution < -0.4 is 0 Å². The van der Waals surface area contributed by atoms with Gasteiger partial charge in [0.1, 0.15) is 12.3 Å². The van der Waals surface area contributed by atoms with E-state index in [0.29, 0.717) is 11.5 Å². The number of ether oxygens (including phenoxy) is 1. The maximum Gasteiger partial charge on any atom is 0.156 e. The van der Waals surface area contributed by atoms with Crippen LogP contribution in [0.4, 0.5) is 0 Å².